The van der Waals surface area contributed by atoms with Crippen LogP contribution in [0.3, 0.4) is 0 Å². The van der Waals surface area contributed by atoms with Crippen molar-refractivity contribution in [3.8, 4) is 11.5 Å². The first-order chi connectivity index (χ1) is 7.03. The maximum absolute atomic E-state index is 12.1. The van der Waals surface area contributed by atoms with E-state index in [2.05, 4.69) is 0 Å². The summed E-state index contributed by atoms with van der Waals surface area (Å²) in [6, 6.07) is -0.337. The lowest BCUT2D eigenvalue weighted by Crippen LogP contribution is -2.11. The highest BCUT2D eigenvalue weighted by atomic mass is 19.4. The van der Waals surface area contributed by atoms with E-state index in [0.717, 1.165) is 0 Å². The van der Waals surface area contributed by atoms with Crippen LogP contribution in [0.25, 0.3) is 0 Å². The van der Waals surface area contributed by atoms with Crippen LogP contribution in [0.5, 0.6) is 11.5 Å². The van der Waals surface area contributed by atoms with Crippen LogP contribution >= 0.6 is 0 Å². The van der Waals surface area contributed by atoms with Crippen molar-refractivity contribution in [2.75, 3.05) is 0 Å². The molecule has 0 fully saturated rings. The molecule has 0 aliphatic rings. The van der Waals surface area contributed by atoms with E-state index in [4.69, 9.17) is 10.2 Å². The standard InChI is InChI=1S/C8H4F6O2/c9-7(10,11)3-1-4(8(12,13)14)6(16)2-5(3)15/h1-2,15-16H. The molecule has 16 heavy (non-hydrogen) atoms. The minimum atomic E-state index is -5.13. The van der Waals surface area contributed by atoms with Gasteiger partial charge in [0.2, 0.25) is 0 Å². The molecule has 0 unspecified atom stereocenters. The Kier molecular flexibility index (Phi) is 2.70. The molecule has 8 heteroatoms. The molecule has 2 N–H and O–H groups in total. The molecule has 1 aromatic carbocycles. The summed E-state index contributed by atoms with van der Waals surface area (Å²) in [4.78, 5) is 0. The van der Waals surface area contributed by atoms with Crippen LogP contribution in [-0.4, -0.2) is 10.2 Å². The van der Waals surface area contributed by atoms with Crippen LogP contribution < -0.4 is 0 Å². The number of phenols is 2. The van der Waals surface area contributed by atoms with E-state index in [1.165, 1.54) is 0 Å². The lowest BCUT2D eigenvalue weighted by Gasteiger charge is -2.14. The van der Waals surface area contributed by atoms with Crippen molar-refractivity contribution in [3.05, 3.63) is 23.3 Å². The molecule has 0 bridgehead atoms. The van der Waals surface area contributed by atoms with Gasteiger partial charge in [0.15, 0.2) is 0 Å². The Balaban J connectivity index is 3.45. The van der Waals surface area contributed by atoms with Crippen LogP contribution in [0.4, 0.5) is 26.3 Å². The number of alkyl halides is 6. The quantitative estimate of drug-likeness (QED) is 0.690. The van der Waals surface area contributed by atoms with Crippen molar-refractivity contribution in [1.82, 2.24) is 0 Å². The summed E-state index contributed by atoms with van der Waals surface area (Å²) in [6.45, 7) is 0. The van der Waals surface area contributed by atoms with Crippen LogP contribution in [0, 0.1) is 0 Å². The Morgan fingerprint density at radius 2 is 1.00 bits per heavy atom. The third-order valence-electron chi connectivity index (χ3n) is 1.72. The Labute approximate surface area is 84.7 Å². The molecule has 0 atom stereocenters. The lowest BCUT2D eigenvalue weighted by atomic mass is 10.1. The average Bonchev–Trinajstić information content (AvgIpc) is 1.97. The van der Waals surface area contributed by atoms with Gasteiger partial charge in [0.1, 0.15) is 11.5 Å². The Morgan fingerprint density at radius 3 is 1.25 bits per heavy atom. The predicted octanol–water partition coefficient (Wildman–Crippen LogP) is 3.14. The fourth-order valence-electron chi connectivity index (χ4n) is 1.03. The summed E-state index contributed by atoms with van der Waals surface area (Å²) in [5, 5.41) is 17.5. The number of phenolic OH excluding ortho intramolecular Hbond substituents is 2. The number of benzene rings is 1. The van der Waals surface area contributed by atoms with E-state index in [1.807, 2.05) is 0 Å². The first-order valence-corrected chi connectivity index (χ1v) is 3.74. The van der Waals surface area contributed by atoms with E-state index in [9.17, 15) is 26.3 Å². The second-order valence-corrected chi connectivity index (χ2v) is 2.88. The van der Waals surface area contributed by atoms with E-state index in [0.29, 0.717) is 0 Å². The second-order valence-electron chi connectivity index (χ2n) is 2.88. The molecule has 0 aromatic heterocycles. The summed E-state index contributed by atoms with van der Waals surface area (Å²) < 4.78 is 72.8. The first-order valence-electron chi connectivity index (χ1n) is 3.74. The van der Waals surface area contributed by atoms with Gasteiger partial charge in [0.25, 0.3) is 0 Å². The van der Waals surface area contributed by atoms with Crippen molar-refractivity contribution in [1.29, 1.82) is 0 Å². The third kappa shape index (κ3) is 2.31. The zero-order valence-corrected chi connectivity index (χ0v) is 7.32. The molecule has 0 spiro atoms. The number of aromatic hydroxyl groups is 2. The highest BCUT2D eigenvalue weighted by molar-refractivity contribution is 5.47. The van der Waals surface area contributed by atoms with Crippen molar-refractivity contribution >= 4 is 0 Å². The highest BCUT2D eigenvalue weighted by Gasteiger charge is 2.40. The lowest BCUT2D eigenvalue weighted by molar-refractivity contribution is -0.144. The Bertz CT molecular complexity index is 371. The van der Waals surface area contributed by atoms with Crippen molar-refractivity contribution in [3.63, 3.8) is 0 Å². The zero-order chi connectivity index (χ0) is 12.7. The molecule has 0 amide bonds. The molecule has 0 radical (unpaired) electrons. The van der Waals surface area contributed by atoms with Gasteiger partial charge < -0.3 is 10.2 Å². The Morgan fingerprint density at radius 1 is 0.688 bits per heavy atom. The van der Waals surface area contributed by atoms with Gasteiger partial charge in [-0.25, -0.2) is 0 Å². The minimum absolute atomic E-state index is 0.00560. The van der Waals surface area contributed by atoms with E-state index < -0.39 is 35.0 Å². The normalized spacial score (nSPS) is 12.9. The summed E-state index contributed by atoms with van der Waals surface area (Å²) in [5.41, 5.74) is -3.70. The topological polar surface area (TPSA) is 40.5 Å². The highest BCUT2D eigenvalue weighted by Crippen LogP contribution is 2.43. The van der Waals surface area contributed by atoms with Crippen LogP contribution in [0.2, 0.25) is 0 Å². The molecule has 2 nitrogen and oxygen atoms in total. The second kappa shape index (κ2) is 3.46. The summed E-state index contributed by atoms with van der Waals surface area (Å²) in [5.74, 6) is -2.92. The smallest absolute Gasteiger partial charge is 0.419 e. The van der Waals surface area contributed by atoms with Crippen LogP contribution in [0.1, 0.15) is 11.1 Å². The van der Waals surface area contributed by atoms with Crippen molar-refractivity contribution in [2.24, 2.45) is 0 Å². The van der Waals surface area contributed by atoms with Gasteiger partial charge in [-0.1, -0.05) is 0 Å². The summed E-state index contributed by atoms with van der Waals surface area (Å²) in [7, 11) is 0. The van der Waals surface area contributed by atoms with Crippen LogP contribution in [0.15, 0.2) is 12.1 Å². The fourth-order valence-corrected chi connectivity index (χ4v) is 1.03. The van der Waals surface area contributed by atoms with Crippen LogP contribution in [-0.2, 0) is 12.4 Å². The van der Waals surface area contributed by atoms with Gasteiger partial charge in [-0.3, -0.25) is 0 Å². The number of hydrogen-bond donors (Lipinski definition) is 2. The minimum Gasteiger partial charge on any atom is -0.507 e. The van der Waals surface area contributed by atoms with Gasteiger partial charge >= 0.3 is 12.4 Å². The van der Waals surface area contributed by atoms with Gasteiger partial charge in [-0.15, -0.1) is 0 Å². The van der Waals surface area contributed by atoms with Gasteiger partial charge in [0, 0.05) is 6.07 Å². The molecule has 0 aliphatic carbocycles. The SMILES string of the molecule is Oc1cc(O)c(C(F)(F)F)cc1C(F)(F)F. The maximum atomic E-state index is 12.1. The first kappa shape index (κ1) is 12.5. The van der Waals surface area contributed by atoms with Gasteiger partial charge in [-0.05, 0) is 6.07 Å². The molecule has 0 saturated carbocycles. The van der Waals surface area contributed by atoms with E-state index >= 15 is 0 Å². The molecule has 0 aliphatic heterocycles. The molecular formula is C8H4F6O2. The zero-order valence-electron chi connectivity index (χ0n) is 7.32. The van der Waals surface area contributed by atoms with Crippen molar-refractivity contribution in [2.45, 2.75) is 12.4 Å². The number of halogens is 6. The molecule has 0 saturated heterocycles. The third-order valence-corrected chi connectivity index (χ3v) is 1.72. The van der Waals surface area contributed by atoms with E-state index in [1.54, 1.807) is 0 Å². The summed E-state index contributed by atoms with van der Waals surface area (Å²) in [6.07, 6.45) is -10.3. The van der Waals surface area contributed by atoms with Gasteiger partial charge in [0.05, 0.1) is 11.1 Å². The molecular weight excluding hydrogens is 242 g/mol. The molecule has 90 valence electrons. The maximum Gasteiger partial charge on any atom is 0.419 e. The summed E-state index contributed by atoms with van der Waals surface area (Å²) >= 11 is 0. The number of rotatable bonds is 0. The predicted molar refractivity (Wildman–Crippen MR) is 39.8 cm³/mol. The van der Waals surface area contributed by atoms with Gasteiger partial charge in [-0.2, -0.15) is 26.3 Å². The van der Waals surface area contributed by atoms with E-state index in [-0.39, 0.29) is 12.1 Å². The van der Waals surface area contributed by atoms with Crippen molar-refractivity contribution < 1.29 is 36.6 Å². The fraction of sp³-hybridized carbons (Fsp3) is 0.250. The monoisotopic (exact) mass is 246 g/mol. The molecule has 1 rings (SSSR count). The largest absolute Gasteiger partial charge is 0.507 e. The number of hydrogen-bond acceptors (Lipinski definition) is 2. The Hall–Kier alpha value is -1.60. The molecule has 0 heterocycles. The molecule has 1 aromatic rings. The average molecular weight is 246 g/mol.